The molecule has 0 bridgehead atoms. The maximum Gasteiger partial charge on any atom is 0.261 e. The van der Waals surface area contributed by atoms with Crippen molar-refractivity contribution in [3.63, 3.8) is 0 Å². The molecule has 0 atom stereocenters. The number of fused-ring (bicyclic) bond motifs is 1. The van der Waals surface area contributed by atoms with Gasteiger partial charge in [-0.3, -0.25) is 19.6 Å². The maximum absolute atomic E-state index is 15.1. The normalized spacial score (nSPS) is 11.0. The van der Waals surface area contributed by atoms with Crippen LogP contribution in [0.25, 0.3) is 27.7 Å². The van der Waals surface area contributed by atoms with Crippen molar-refractivity contribution in [2.24, 2.45) is 0 Å². The van der Waals surface area contributed by atoms with Crippen LogP contribution in [0.3, 0.4) is 0 Å². The van der Waals surface area contributed by atoms with Gasteiger partial charge in [0.2, 0.25) is 5.43 Å². The van der Waals surface area contributed by atoms with E-state index in [1.165, 1.54) is 36.5 Å². The van der Waals surface area contributed by atoms with Crippen LogP contribution in [0.4, 0.5) is 14.5 Å². The van der Waals surface area contributed by atoms with Crippen molar-refractivity contribution in [1.82, 2.24) is 15.0 Å². The Kier molecular flexibility index (Phi) is 7.19. The first kappa shape index (κ1) is 27.4. The van der Waals surface area contributed by atoms with Crippen LogP contribution in [0, 0.1) is 32.4 Å². The van der Waals surface area contributed by atoms with Crippen LogP contribution in [-0.2, 0) is 0 Å². The minimum Gasteiger partial charge on any atom is -0.452 e. The number of carbonyl (C=O) groups is 1. The fourth-order valence-electron chi connectivity index (χ4n) is 4.67. The number of halogens is 2. The summed E-state index contributed by atoms with van der Waals surface area (Å²) in [5.41, 5.74) is 4.40. The van der Waals surface area contributed by atoms with Crippen molar-refractivity contribution in [3.05, 3.63) is 117 Å². The summed E-state index contributed by atoms with van der Waals surface area (Å²) in [7, 11) is 0. The Hall–Kier alpha value is -5.18. The second kappa shape index (κ2) is 10.8. The monoisotopic (exact) mass is 552 g/mol. The number of aromatic nitrogens is 3. The molecule has 2 N–H and O–H groups in total. The van der Waals surface area contributed by atoms with E-state index in [1.807, 2.05) is 13.0 Å². The summed E-state index contributed by atoms with van der Waals surface area (Å²) in [4.78, 5) is 38.5. The number of aryl methyl sites for hydroxylation is 3. The summed E-state index contributed by atoms with van der Waals surface area (Å²) in [5, 5.41) is 2.59. The molecule has 206 valence electrons. The SMILES string of the molecule is C=C(C)c1cnc2c(Oc3ccc(NC(=O)c4c(C)[nH]c(C)c(-c5ccc(F)cc5C)c4=O)cc3F)ccnc2c1. The van der Waals surface area contributed by atoms with Crippen molar-refractivity contribution in [3.8, 4) is 22.6 Å². The quantitative estimate of drug-likeness (QED) is 0.231. The fourth-order valence-corrected chi connectivity index (χ4v) is 4.67. The van der Waals surface area contributed by atoms with Crippen LogP contribution >= 0.6 is 0 Å². The number of anilines is 1. The Bertz CT molecular complexity index is 1930. The predicted octanol–water partition coefficient (Wildman–Crippen LogP) is 7.27. The van der Waals surface area contributed by atoms with Gasteiger partial charge in [-0.15, -0.1) is 0 Å². The molecule has 41 heavy (non-hydrogen) atoms. The molecule has 9 heteroatoms. The largest absolute Gasteiger partial charge is 0.452 e. The number of amides is 1. The summed E-state index contributed by atoms with van der Waals surface area (Å²) in [6.45, 7) is 10.8. The van der Waals surface area contributed by atoms with E-state index in [9.17, 15) is 14.0 Å². The zero-order chi connectivity index (χ0) is 29.4. The van der Waals surface area contributed by atoms with Gasteiger partial charge in [0, 0.05) is 47.2 Å². The molecule has 0 spiro atoms. The van der Waals surface area contributed by atoms with Crippen LogP contribution < -0.4 is 15.5 Å². The highest BCUT2D eigenvalue weighted by Crippen LogP contribution is 2.31. The van der Waals surface area contributed by atoms with Gasteiger partial charge in [-0.1, -0.05) is 12.6 Å². The van der Waals surface area contributed by atoms with Gasteiger partial charge in [0.15, 0.2) is 17.3 Å². The molecule has 0 saturated carbocycles. The number of aromatic amines is 1. The first-order valence-corrected chi connectivity index (χ1v) is 12.7. The highest BCUT2D eigenvalue weighted by Gasteiger charge is 2.22. The molecule has 0 fully saturated rings. The first-order chi connectivity index (χ1) is 19.5. The molecule has 2 aromatic carbocycles. The second-order valence-corrected chi connectivity index (χ2v) is 9.80. The van der Waals surface area contributed by atoms with Gasteiger partial charge < -0.3 is 15.0 Å². The highest BCUT2D eigenvalue weighted by atomic mass is 19.1. The third-order valence-electron chi connectivity index (χ3n) is 6.71. The molecule has 3 heterocycles. The lowest BCUT2D eigenvalue weighted by Gasteiger charge is -2.14. The molecule has 0 radical (unpaired) electrons. The van der Waals surface area contributed by atoms with Gasteiger partial charge >= 0.3 is 0 Å². The molecule has 0 unspecified atom stereocenters. The number of carbonyl (C=O) groups excluding carboxylic acids is 1. The number of rotatable bonds is 6. The molecule has 0 aliphatic heterocycles. The van der Waals surface area contributed by atoms with Crippen LogP contribution in [0.15, 0.2) is 72.3 Å². The molecule has 0 aliphatic carbocycles. The summed E-state index contributed by atoms with van der Waals surface area (Å²) in [6.07, 6.45) is 3.18. The van der Waals surface area contributed by atoms with E-state index in [0.29, 0.717) is 39.3 Å². The van der Waals surface area contributed by atoms with Crippen LogP contribution in [-0.4, -0.2) is 20.9 Å². The number of allylic oxidation sites excluding steroid dienone is 1. The van der Waals surface area contributed by atoms with Gasteiger partial charge in [-0.05, 0) is 80.3 Å². The molecule has 5 aromatic rings. The van der Waals surface area contributed by atoms with E-state index in [2.05, 4.69) is 26.8 Å². The number of benzene rings is 2. The van der Waals surface area contributed by atoms with Crippen molar-refractivity contribution in [2.45, 2.75) is 27.7 Å². The average molecular weight is 553 g/mol. The van der Waals surface area contributed by atoms with E-state index in [0.717, 1.165) is 17.2 Å². The topological polar surface area (TPSA) is 97.0 Å². The summed E-state index contributed by atoms with van der Waals surface area (Å²) < 4.78 is 34.6. The molecule has 5 rings (SSSR count). The number of pyridine rings is 3. The minimum absolute atomic E-state index is 0.0836. The third-order valence-corrected chi connectivity index (χ3v) is 6.71. The lowest BCUT2D eigenvalue weighted by molar-refractivity contribution is 0.102. The van der Waals surface area contributed by atoms with Crippen LogP contribution in [0.2, 0.25) is 0 Å². The zero-order valence-corrected chi connectivity index (χ0v) is 22.9. The third kappa shape index (κ3) is 5.34. The zero-order valence-electron chi connectivity index (χ0n) is 22.9. The van der Waals surface area contributed by atoms with Gasteiger partial charge in [0.05, 0.1) is 5.52 Å². The number of nitrogens with one attached hydrogen (secondary N) is 2. The summed E-state index contributed by atoms with van der Waals surface area (Å²) in [5.74, 6) is -1.65. The van der Waals surface area contributed by atoms with E-state index in [4.69, 9.17) is 4.74 Å². The van der Waals surface area contributed by atoms with E-state index in [1.54, 1.807) is 33.0 Å². The van der Waals surface area contributed by atoms with Crippen molar-refractivity contribution < 1.29 is 18.3 Å². The number of H-pyrrole nitrogens is 1. The predicted molar refractivity (Wildman–Crippen MR) is 155 cm³/mol. The molecule has 1 amide bonds. The average Bonchev–Trinajstić information content (AvgIpc) is 2.91. The van der Waals surface area contributed by atoms with Gasteiger partial charge in [0.1, 0.15) is 16.9 Å². The van der Waals surface area contributed by atoms with Gasteiger partial charge in [-0.25, -0.2) is 8.78 Å². The van der Waals surface area contributed by atoms with Crippen molar-refractivity contribution in [2.75, 3.05) is 5.32 Å². The highest BCUT2D eigenvalue weighted by molar-refractivity contribution is 6.05. The molecule has 0 aliphatic rings. The number of ether oxygens (including phenoxy) is 1. The lowest BCUT2D eigenvalue weighted by Crippen LogP contribution is -2.26. The first-order valence-electron chi connectivity index (χ1n) is 12.7. The second-order valence-electron chi connectivity index (χ2n) is 9.80. The van der Waals surface area contributed by atoms with Crippen LogP contribution in [0.5, 0.6) is 11.5 Å². The molecule has 3 aromatic heterocycles. The van der Waals surface area contributed by atoms with Crippen molar-refractivity contribution >= 4 is 28.2 Å². The standard InChI is InChI=1S/C32H26F2N4O3/c1-16(2)20-13-25-30(36-15-20)27(10-11-35-25)41-26-9-7-22(14-24(26)34)38-32(40)29-19(5)37-18(4)28(31(29)39)23-8-6-21(33)12-17(23)3/h6-15H,1H2,2-5H3,(H,37,39)(H,38,40). The number of nitrogens with zero attached hydrogens (tertiary/aromatic N) is 2. The van der Waals surface area contributed by atoms with Crippen molar-refractivity contribution in [1.29, 1.82) is 0 Å². The van der Waals surface area contributed by atoms with Gasteiger partial charge in [-0.2, -0.15) is 0 Å². The van der Waals surface area contributed by atoms with E-state index >= 15 is 4.39 Å². The van der Waals surface area contributed by atoms with Crippen LogP contribution in [0.1, 0.15) is 39.8 Å². The number of hydrogen-bond donors (Lipinski definition) is 2. The number of hydrogen-bond acceptors (Lipinski definition) is 5. The summed E-state index contributed by atoms with van der Waals surface area (Å²) in [6, 6.07) is 11.4. The molecule has 0 saturated heterocycles. The molecular weight excluding hydrogens is 526 g/mol. The minimum atomic E-state index is -0.733. The van der Waals surface area contributed by atoms with Gasteiger partial charge in [0.25, 0.3) is 5.91 Å². The molecular formula is C32H26F2N4O3. The van der Waals surface area contributed by atoms with E-state index in [-0.39, 0.29) is 22.6 Å². The lowest BCUT2D eigenvalue weighted by atomic mass is 9.96. The summed E-state index contributed by atoms with van der Waals surface area (Å²) >= 11 is 0. The Morgan fingerprint density at radius 2 is 1.76 bits per heavy atom. The molecule has 7 nitrogen and oxygen atoms in total. The van der Waals surface area contributed by atoms with E-state index < -0.39 is 23.0 Å². The Balaban J connectivity index is 1.42. The Labute approximate surface area is 234 Å². The smallest absolute Gasteiger partial charge is 0.261 e. The maximum atomic E-state index is 15.1. The fraction of sp³-hybridized carbons (Fsp3) is 0.125. The Morgan fingerprint density at radius 3 is 2.46 bits per heavy atom. The Morgan fingerprint density at radius 1 is 0.976 bits per heavy atom.